The van der Waals surface area contributed by atoms with Crippen molar-refractivity contribution >= 4 is 28.4 Å². The van der Waals surface area contributed by atoms with Crippen LogP contribution in [-0.4, -0.2) is 21.8 Å². The number of pyridine rings is 1. The molecule has 1 atom stereocenters. The molecule has 0 bridgehead atoms. The van der Waals surface area contributed by atoms with E-state index in [9.17, 15) is 9.59 Å². The van der Waals surface area contributed by atoms with E-state index in [4.69, 9.17) is 17.3 Å². The van der Waals surface area contributed by atoms with Crippen LogP contribution in [0.3, 0.4) is 0 Å². The number of hydrogen-bond acceptors (Lipinski definition) is 3. The van der Waals surface area contributed by atoms with Crippen LogP contribution >= 0.6 is 11.6 Å². The molecule has 0 saturated carbocycles. The van der Waals surface area contributed by atoms with Crippen LogP contribution in [0.1, 0.15) is 16.8 Å². The van der Waals surface area contributed by atoms with Crippen molar-refractivity contribution in [1.29, 1.82) is 0 Å². The first-order chi connectivity index (χ1) is 12.5. The molecule has 6 heteroatoms. The minimum Gasteiger partial charge on any atom is -0.368 e. The van der Waals surface area contributed by atoms with Crippen molar-refractivity contribution in [2.45, 2.75) is 25.6 Å². The Bertz CT molecular complexity index is 1060. The van der Waals surface area contributed by atoms with E-state index in [0.717, 1.165) is 5.56 Å². The van der Waals surface area contributed by atoms with Gasteiger partial charge in [0, 0.05) is 30.2 Å². The van der Waals surface area contributed by atoms with Crippen LogP contribution < -0.4 is 11.2 Å². The molecule has 26 heavy (non-hydrogen) atoms. The van der Waals surface area contributed by atoms with Gasteiger partial charge in [-0.05, 0) is 29.7 Å². The third-order valence-electron chi connectivity index (χ3n) is 4.92. The van der Waals surface area contributed by atoms with Gasteiger partial charge in [-0.3, -0.25) is 14.5 Å². The molecule has 0 saturated heterocycles. The molecule has 1 aromatic heterocycles. The molecule has 0 radical (unpaired) electrons. The van der Waals surface area contributed by atoms with Gasteiger partial charge in [0.1, 0.15) is 0 Å². The maximum Gasteiger partial charge on any atom is 0.235 e. The second-order valence-electron chi connectivity index (χ2n) is 6.62. The topological polar surface area (TPSA) is 79.2 Å². The number of nitrogens with one attached hydrogen (secondary N) is 1. The lowest BCUT2D eigenvalue weighted by molar-refractivity contribution is -0.124. The zero-order valence-corrected chi connectivity index (χ0v) is 14.8. The number of primary amides is 1. The fourth-order valence-electron chi connectivity index (χ4n) is 3.62. The second kappa shape index (κ2) is 6.59. The molecular weight excluding hydrogens is 350 g/mol. The standard InChI is InChI=1S/C20H18ClN3O2/c21-16-7-3-6-15-18(25)9-14(23-19(15)16)11-24-10-13-5-2-1-4-12(13)8-17(24)20(22)26/h1-7,9,17H,8,10-11H2,(H2,22,26)(H,23,25). The molecule has 1 aliphatic rings. The summed E-state index contributed by atoms with van der Waals surface area (Å²) in [4.78, 5) is 29.6. The average molecular weight is 368 g/mol. The monoisotopic (exact) mass is 367 g/mol. The third kappa shape index (κ3) is 3.00. The fourth-order valence-corrected chi connectivity index (χ4v) is 3.84. The number of fused-ring (bicyclic) bond motifs is 2. The van der Waals surface area contributed by atoms with Gasteiger partial charge in [0.05, 0.1) is 16.6 Å². The highest BCUT2D eigenvalue weighted by Crippen LogP contribution is 2.25. The van der Waals surface area contributed by atoms with Crippen molar-refractivity contribution in [3.63, 3.8) is 0 Å². The molecule has 1 unspecified atom stereocenters. The summed E-state index contributed by atoms with van der Waals surface area (Å²) in [6, 6.07) is 14.4. The lowest BCUT2D eigenvalue weighted by Crippen LogP contribution is -2.48. The van der Waals surface area contributed by atoms with Crippen LogP contribution in [0.5, 0.6) is 0 Å². The van der Waals surface area contributed by atoms with E-state index in [-0.39, 0.29) is 11.3 Å². The Labute approximate surface area is 155 Å². The van der Waals surface area contributed by atoms with E-state index in [1.807, 2.05) is 23.1 Å². The average Bonchev–Trinajstić information content (AvgIpc) is 2.62. The molecule has 0 fully saturated rings. The maximum absolute atomic E-state index is 12.4. The molecule has 5 nitrogen and oxygen atoms in total. The van der Waals surface area contributed by atoms with E-state index < -0.39 is 6.04 Å². The van der Waals surface area contributed by atoms with Crippen LogP contribution in [0, 0.1) is 0 Å². The number of hydrogen-bond donors (Lipinski definition) is 2. The Morgan fingerprint density at radius 3 is 2.73 bits per heavy atom. The molecule has 2 heterocycles. The van der Waals surface area contributed by atoms with Crippen LogP contribution in [-0.2, 0) is 24.3 Å². The predicted octanol–water partition coefficient (Wildman–Crippen LogP) is 2.59. The number of carbonyl (C=O) groups excluding carboxylic acids is 1. The van der Waals surface area contributed by atoms with Crippen molar-refractivity contribution in [3.8, 4) is 0 Å². The number of aromatic amines is 1. The molecule has 2 aromatic carbocycles. The second-order valence-corrected chi connectivity index (χ2v) is 7.02. The summed E-state index contributed by atoms with van der Waals surface area (Å²) in [7, 11) is 0. The number of aromatic nitrogens is 1. The first kappa shape index (κ1) is 16.8. The van der Waals surface area contributed by atoms with Crippen molar-refractivity contribution in [2.24, 2.45) is 5.73 Å². The molecule has 3 aromatic rings. The Morgan fingerprint density at radius 1 is 1.19 bits per heavy atom. The number of rotatable bonds is 3. The Balaban J connectivity index is 1.72. The third-order valence-corrected chi connectivity index (χ3v) is 5.23. The normalized spacial score (nSPS) is 17.2. The zero-order chi connectivity index (χ0) is 18.3. The van der Waals surface area contributed by atoms with E-state index in [1.54, 1.807) is 24.3 Å². The van der Waals surface area contributed by atoms with Crippen LogP contribution in [0.2, 0.25) is 5.02 Å². The fraction of sp³-hybridized carbons (Fsp3) is 0.200. The summed E-state index contributed by atoms with van der Waals surface area (Å²) in [5, 5.41) is 1.05. The Kier molecular flexibility index (Phi) is 4.26. The molecule has 0 aliphatic carbocycles. The Hall–Kier alpha value is -2.63. The van der Waals surface area contributed by atoms with Crippen LogP contribution in [0.15, 0.2) is 53.3 Å². The summed E-state index contributed by atoms with van der Waals surface area (Å²) in [5.74, 6) is -0.360. The minimum atomic E-state index is -0.407. The van der Waals surface area contributed by atoms with Gasteiger partial charge >= 0.3 is 0 Å². The van der Waals surface area contributed by atoms with Crippen molar-refractivity contribution in [2.75, 3.05) is 0 Å². The highest BCUT2D eigenvalue weighted by atomic mass is 35.5. The number of benzene rings is 2. The zero-order valence-electron chi connectivity index (χ0n) is 14.0. The number of amides is 1. The summed E-state index contributed by atoms with van der Waals surface area (Å²) < 4.78 is 0. The molecular formula is C20H18ClN3O2. The van der Waals surface area contributed by atoms with Gasteiger partial charge in [-0.1, -0.05) is 41.9 Å². The molecule has 132 valence electrons. The van der Waals surface area contributed by atoms with E-state index >= 15 is 0 Å². The molecule has 1 aliphatic heterocycles. The number of halogens is 1. The van der Waals surface area contributed by atoms with Crippen LogP contribution in [0.25, 0.3) is 10.9 Å². The van der Waals surface area contributed by atoms with Gasteiger partial charge in [-0.25, -0.2) is 0 Å². The van der Waals surface area contributed by atoms with E-state index in [2.05, 4.69) is 11.1 Å². The van der Waals surface area contributed by atoms with Gasteiger partial charge in [-0.2, -0.15) is 0 Å². The summed E-state index contributed by atoms with van der Waals surface area (Å²) in [6.45, 7) is 1.02. The SMILES string of the molecule is NC(=O)C1Cc2ccccc2CN1Cc1cc(=O)c2cccc(Cl)c2[nH]1. The van der Waals surface area contributed by atoms with Crippen molar-refractivity contribution in [3.05, 3.63) is 80.6 Å². The number of nitrogens with zero attached hydrogens (tertiary/aromatic N) is 1. The largest absolute Gasteiger partial charge is 0.368 e. The molecule has 3 N–H and O–H groups in total. The number of H-pyrrole nitrogens is 1. The van der Waals surface area contributed by atoms with Gasteiger partial charge in [0.15, 0.2) is 5.43 Å². The van der Waals surface area contributed by atoms with Gasteiger partial charge in [0.25, 0.3) is 0 Å². The Morgan fingerprint density at radius 2 is 1.96 bits per heavy atom. The summed E-state index contributed by atoms with van der Waals surface area (Å²) >= 11 is 6.23. The van der Waals surface area contributed by atoms with Gasteiger partial charge in [0.2, 0.25) is 5.91 Å². The quantitative estimate of drug-likeness (QED) is 0.746. The first-order valence-corrected chi connectivity index (χ1v) is 8.81. The first-order valence-electron chi connectivity index (χ1n) is 8.43. The highest BCUT2D eigenvalue weighted by Gasteiger charge is 2.30. The molecule has 4 rings (SSSR count). The highest BCUT2D eigenvalue weighted by molar-refractivity contribution is 6.35. The smallest absolute Gasteiger partial charge is 0.235 e. The van der Waals surface area contributed by atoms with Crippen molar-refractivity contribution < 1.29 is 4.79 Å². The molecule has 1 amide bonds. The lowest BCUT2D eigenvalue weighted by atomic mass is 9.93. The van der Waals surface area contributed by atoms with Gasteiger partial charge < -0.3 is 10.7 Å². The maximum atomic E-state index is 12.4. The summed E-state index contributed by atoms with van der Waals surface area (Å²) in [5.41, 5.74) is 9.18. The number of carbonyl (C=O) groups is 1. The van der Waals surface area contributed by atoms with E-state index in [0.29, 0.717) is 41.1 Å². The number of nitrogens with two attached hydrogens (primary N) is 1. The minimum absolute atomic E-state index is 0.0933. The summed E-state index contributed by atoms with van der Waals surface area (Å²) in [6.07, 6.45) is 0.573. The van der Waals surface area contributed by atoms with Gasteiger partial charge in [-0.15, -0.1) is 0 Å². The predicted molar refractivity (Wildman–Crippen MR) is 102 cm³/mol. The molecule has 0 spiro atoms. The van der Waals surface area contributed by atoms with Crippen LogP contribution in [0.4, 0.5) is 0 Å². The number of para-hydroxylation sites is 1. The lowest BCUT2D eigenvalue weighted by Gasteiger charge is -2.35. The van der Waals surface area contributed by atoms with E-state index in [1.165, 1.54) is 5.56 Å². The van der Waals surface area contributed by atoms with Crippen molar-refractivity contribution in [1.82, 2.24) is 9.88 Å².